The lowest BCUT2D eigenvalue weighted by molar-refractivity contribution is 0.0371. The quantitative estimate of drug-likeness (QED) is 0.480. The van der Waals surface area contributed by atoms with Gasteiger partial charge in [0.2, 0.25) is 0 Å². The molecule has 2 nitrogen and oxygen atoms in total. The number of rotatable bonds is 13. The third-order valence-electron chi connectivity index (χ3n) is 3.69. The van der Waals surface area contributed by atoms with Crippen LogP contribution in [0.25, 0.3) is 0 Å². The van der Waals surface area contributed by atoms with Gasteiger partial charge in [0.05, 0.1) is 5.60 Å². The van der Waals surface area contributed by atoms with Crippen molar-refractivity contribution in [2.24, 2.45) is 0 Å². The van der Waals surface area contributed by atoms with Crippen molar-refractivity contribution in [2.75, 3.05) is 6.61 Å². The molecule has 0 rings (SSSR count). The van der Waals surface area contributed by atoms with Gasteiger partial charge >= 0.3 is 0 Å². The molecule has 0 amide bonds. The van der Waals surface area contributed by atoms with Crippen molar-refractivity contribution in [3.8, 4) is 0 Å². The van der Waals surface area contributed by atoms with Crippen molar-refractivity contribution in [2.45, 2.75) is 96.5 Å². The van der Waals surface area contributed by atoms with Crippen molar-refractivity contribution in [3.63, 3.8) is 0 Å². The lowest BCUT2D eigenvalue weighted by Crippen LogP contribution is -2.23. The first-order chi connectivity index (χ1) is 8.62. The van der Waals surface area contributed by atoms with Crippen LogP contribution in [-0.2, 0) is 0 Å². The van der Waals surface area contributed by atoms with E-state index in [0.717, 1.165) is 32.1 Å². The van der Waals surface area contributed by atoms with Crippen LogP contribution >= 0.6 is 0 Å². The Kier molecular flexibility index (Phi) is 11.9. The van der Waals surface area contributed by atoms with Gasteiger partial charge in [-0.15, -0.1) is 0 Å². The summed E-state index contributed by atoms with van der Waals surface area (Å²) in [6.45, 7) is 4.50. The van der Waals surface area contributed by atoms with Gasteiger partial charge in [-0.1, -0.05) is 64.7 Å². The largest absolute Gasteiger partial charge is 0.396 e. The maximum absolute atomic E-state index is 10.1. The Bertz CT molecular complexity index is 166. The molecule has 0 heterocycles. The first-order valence-electron chi connectivity index (χ1n) is 7.95. The summed E-state index contributed by atoms with van der Waals surface area (Å²) < 4.78 is 0. The van der Waals surface area contributed by atoms with Gasteiger partial charge in [-0.3, -0.25) is 0 Å². The van der Waals surface area contributed by atoms with Gasteiger partial charge in [-0.2, -0.15) is 0 Å². The highest BCUT2D eigenvalue weighted by Crippen LogP contribution is 2.21. The average Bonchev–Trinajstić information content (AvgIpc) is 2.34. The monoisotopic (exact) mass is 258 g/mol. The molecular weight excluding hydrogens is 224 g/mol. The zero-order valence-corrected chi connectivity index (χ0v) is 12.6. The molecule has 0 bridgehead atoms. The lowest BCUT2D eigenvalue weighted by Gasteiger charge is -2.22. The Labute approximate surface area is 114 Å². The summed E-state index contributed by atoms with van der Waals surface area (Å²) in [6.07, 6.45) is 13.9. The fourth-order valence-corrected chi connectivity index (χ4v) is 2.36. The number of aliphatic hydroxyl groups excluding tert-OH is 1. The Morgan fingerprint density at radius 1 is 0.722 bits per heavy atom. The van der Waals surface area contributed by atoms with Crippen molar-refractivity contribution in [1.29, 1.82) is 0 Å². The standard InChI is InChI=1S/C16H34O2/c1-3-4-13-16(2,18)14-11-9-7-5-6-8-10-12-15-17/h17-18H,3-15H2,1-2H3. The van der Waals surface area contributed by atoms with E-state index in [2.05, 4.69) is 6.92 Å². The molecule has 1 unspecified atom stereocenters. The summed E-state index contributed by atoms with van der Waals surface area (Å²) in [5.74, 6) is 0. The van der Waals surface area contributed by atoms with Crippen molar-refractivity contribution in [1.82, 2.24) is 0 Å². The molecule has 0 spiro atoms. The van der Waals surface area contributed by atoms with Crippen LogP contribution in [-0.4, -0.2) is 22.4 Å². The highest BCUT2D eigenvalue weighted by Gasteiger charge is 2.18. The van der Waals surface area contributed by atoms with E-state index in [1.165, 1.54) is 44.9 Å². The van der Waals surface area contributed by atoms with Crippen LogP contribution < -0.4 is 0 Å². The third-order valence-corrected chi connectivity index (χ3v) is 3.69. The summed E-state index contributed by atoms with van der Waals surface area (Å²) in [4.78, 5) is 0. The van der Waals surface area contributed by atoms with Gasteiger partial charge in [0.1, 0.15) is 0 Å². The summed E-state index contributed by atoms with van der Waals surface area (Å²) >= 11 is 0. The maximum Gasteiger partial charge on any atom is 0.0619 e. The normalized spacial score (nSPS) is 14.7. The number of hydrogen-bond donors (Lipinski definition) is 2. The van der Waals surface area contributed by atoms with Crippen molar-refractivity contribution in [3.05, 3.63) is 0 Å². The summed E-state index contributed by atoms with van der Waals surface area (Å²) in [7, 11) is 0. The number of unbranched alkanes of at least 4 members (excludes halogenated alkanes) is 8. The van der Waals surface area contributed by atoms with E-state index in [-0.39, 0.29) is 0 Å². The minimum Gasteiger partial charge on any atom is -0.396 e. The smallest absolute Gasteiger partial charge is 0.0619 e. The Balaban J connectivity index is 3.23. The van der Waals surface area contributed by atoms with Crippen LogP contribution in [0.2, 0.25) is 0 Å². The molecule has 2 heteroatoms. The van der Waals surface area contributed by atoms with Gasteiger partial charge in [0.15, 0.2) is 0 Å². The third kappa shape index (κ3) is 12.4. The van der Waals surface area contributed by atoms with E-state index in [4.69, 9.17) is 5.11 Å². The predicted molar refractivity (Wildman–Crippen MR) is 78.8 cm³/mol. The summed E-state index contributed by atoms with van der Waals surface area (Å²) in [6, 6.07) is 0. The van der Waals surface area contributed by atoms with Gasteiger partial charge in [-0.25, -0.2) is 0 Å². The van der Waals surface area contributed by atoms with E-state index in [0.29, 0.717) is 6.61 Å². The molecule has 0 aliphatic rings. The summed E-state index contributed by atoms with van der Waals surface area (Å²) in [5, 5.41) is 18.8. The second kappa shape index (κ2) is 12.0. The van der Waals surface area contributed by atoms with E-state index < -0.39 is 5.60 Å². The van der Waals surface area contributed by atoms with Gasteiger partial charge in [-0.05, 0) is 26.2 Å². The highest BCUT2D eigenvalue weighted by molar-refractivity contribution is 4.71. The molecule has 2 N–H and O–H groups in total. The Morgan fingerprint density at radius 3 is 1.67 bits per heavy atom. The van der Waals surface area contributed by atoms with E-state index in [1.54, 1.807) is 0 Å². The number of hydrogen-bond acceptors (Lipinski definition) is 2. The van der Waals surface area contributed by atoms with E-state index in [1.807, 2.05) is 6.92 Å². The lowest BCUT2D eigenvalue weighted by atomic mass is 9.92. The molecule has 18 heavy (non-hydrogen) atoms. The molecule has 0 fully saturated rings. The molecule has 0 saturated carbocycles. The molecule has 0 aliphatic carbocycles. The highest BCUT2D eigenvalue weighted by atomic mass is 16.3. The topological polar surface area (TPSA) is 40.5 Å². The van der Waals surface area contributed by atoms with Crippen LogP contribution in [0.4, 0.5) is 0 Å². The molecule has 0 aromatic carbocycles. The minimum absolute atomic E-state index is 0.340. The zero-order chi connectivity index (χ0) is 13.7. The SMILES string of the molecule is CCCCC(C)(O)CCCCCCCCCCO. The second-order valence-electron chi connectivity index (χ2n) is 5.90. The van der Waals surface area contributed by atoms with Crippen LogP contribution in [0.5, 0.6) is 0 Å². The van der Waals surface area contributed by atoms with Gasteiger partial charge in [0.25, 0.3) is 0 Å². The Hall–Kier alpha value is -0.0800. The van der Waals surface area contributed by atoms with Crippen molar-refractivity contribution < 1.29 is 10.2 Å². The Morgan fingerprint density at radius 2 is 1.17 bits per heavy atom. The fourth-order valence-electron chi connectivity index (χ4n) is 2.36. The molecule has 110 valence electrons. The van der Waals surface area contributed by atoms with Gasteiger partial charge in [0, 0.05) is 6.61 Å². The summed E-state index contributed by atoms with van der Waals surface area (Å²) in [5.41, 5.74) is -0.433. The van der Waals surface area contributed by atoms with Gasteiger partial charge < -0.3 is 10.2 Å². The van der Waals surface area contributed by atoms with Crippen LogP contribution in [0.15, 0.2) is 0 Å². The van der Waals surface area contributed by atoms with Crippen LogP contribution in [0.3, 0.4) is 0 Å². The molecule has 0 aromatic rings. The average molecular weight is 258 g/mol. The fraction of sp³-hybridized carbons (Fsp3) is 1.00. The van der Waals surface area contributed by atoms with Crippen molar-refractivity contribution >= 4 is 0 Å². The first kappa shape index (κ1) is 17.9. The number of aliphatic hydroxyl groups is 2. The van der Waals surface area contributed by atoms with E-state index in [9.17, 15) is 5.11 Å². The second-order valence-corrected chi connectivity index (χ2v) is 5.90. The first-order valence-corrected chi connectivity index (χ1v) is 7.95. The molecule has 1 atom stereocenters. The van der Waals surface area contributed by atoms with E-state index >= 15 is 0 Å². The molecule has 0 aliphatic heterocycles. The molecule has 0 aromatic heterocycles. The predicted octanol–water partition coefficient (Wildman–Crippen LogP) is 4.43. The molecular formula is C16H34O2. The molecule has 0 radical (unpaired) electrons. The van der Waals surface area contributed by atoms with Crippen LogP contribution in [0, 0.1) is 0 Å². The maximum atomic E-state index is 10.1. The van der Waals surface area contributed by atoms with Crippen LogP contribution in [0.1, 0.15) is 90.9 Å². The zero-order valence-electron chi connectivity index (χ0n) is 12.6. The minimum atomic E-state index is -0.433. The molecule has 0 saturated heterocycles.